The van der Waals surface area contributed by atoms with Gasteiger partial charge in [0, 0.05) is 20.3 Å². The predicted molar refractivity (Wildman–Crippen MR) is 57.6 cm³/mol. The van der Waals surface area contributed by atoms with Gasteiger partial charge in [-0.15, -0.1) is 0 Å². The minimum Gasteiger partial charge on any atom is -0.451 e. The van der Waals surface area contributed by atoms with E-state index in [0.717, 1.165) is 5.56 Å². The van der Waals surface area contributed by atoms with E-state index in [0.29, 0.717) is 18.1 Å². The lowest BCUT2D eigenvalue weighted by atomic mass is 10.1. The molecule has 0 unspecified atom stereocenters. The molecule has 0 amide bonds. The van der Waals surface area contributed by atoms with Crippen LogP contribution >= 0.6 is 0 Å². The third kappa shape index (κ3) is 2.24. The van der Waals surface area contributed by atoms with Crippen molar-refractivity contribution in [1.82, 2.24) is 0 Å². The molecule has 3 heteroatoms. The number of nitrogens with two attached hydrogens (primary N) is 1. The van der Waals surface area contributed by atoms with Crippen molar-refractivity contribution in [3.8, 4) is 0 Å². The summed E-state index contributed by atoms with van der Waals surface area (Å²) in [6.07, 6.45) is 0.677. The van der Waals surface area contributed by atoms with E-state index in [1.54, 1.807) is 0 Å². The van der Waals surface area contributed by atoms with Crippen LogP contribution in [0.25, 0.3) is 0 Å². The summed E-state index contributed by atoms with van der Waals surface area (Å²) in [4.78, 5) is 0. The zero-order valence-electron chi connectivity index (χ0n) is 8.99. The number of allylic oxidation sites excluding steroid dienone is 1. The number of ether oxygens (including phenoxy) is 2. The summed E-state index contributed by atoms with van der Waals surface area (Å²) < 4.78 is 11.0. The molecule has 0 bridgehead atoms. The second kappa shape index (κ2) is 3.50. The molecule has 0 fully saturated rings. The zero-order valence-corrected chi connectivity index (χ0v) is 8.99. The average molecular weight is 205 g/mol. The molecular weight excluding hydrogens is 190 g/mol. The second-order valence-electron chi connectivity index (χ2n) is 4.05. The average Bonchev–Trinajstić information content (AvgIpc) is 2.41. The van der Waals surface area contributed by atoms with Crippen molar-refractivity contribution in [2.45, 2.75) is 26.1 Å². The molecule has 3 nitrogen and oxygen atoms in total. The van der Waals surface area contributed by atoms with Gasteiger partial charge < -0.3 is 15.2 Å². The topological polar surface area (TPSA) is 44.5 Å². The van der Waals surface area contributed by atoms with Gasteiger partial charge in [-0.1, -0.05) is 30.3 Å². The number of hydrogen-bond donors (Lipinski definition) is 1. The minimum absolute atomic E-state index is 0.392. The maximum absolute atomic E-state index is 5.73. The van der Waals surface area contributed by atoms with E-state index in [2.05, 4.69) is 0 Å². The summed E-state index contributed by atoms with van der Waals surface area (Å²) >= 11 is 0. The summed E-state index contributed by atoms with van der Waals surface area (Å²) in [6, 6.07) is 10.0. The summed E-state index contributed by atoms with van der Waals surface area (Å²) in [7, 11) is 0. The van der Waals surface area contributed by atoms with Gasteiger partial charge in [0.2, 0.25) is 11.7 Å². The molecule has 0 aliphatic carbocycles. The smallest absolute Gasteiger partial charge is 0.247 e. The lowest BCUT2D eigenvalue weighted by Gasteiger charge is -2.18. The summed E-state index contributed by atoms with van der Waals surface area (Å²) in [5, 5.41) is 0. The van der Waals surface area contributed by atoms with Crippen molar-refractivity contribution in [2.24, 2.45) is 5.73 Å². The van der Waals surface area contributed by atoms with Crippen LogP contribution in [0.15, 0.2) is 42.0 Å². The van der Waals surface area contributed by atoms with Crippen LogP contribution in [0.2, 0.25) is 0 Å². The maximum atomic E-state index is 5.73. The van der Waals surface area contributed by atoms with E-state index in [-0.39, 0.29) is 0 Å². The fourth-order valence-corrected chi connectivity index (χ4v) is 1.59. The highest BCUT2D eigenvalue weighted by Crippen LogP contribution is 2.29. The normalized spacial score (nSPS) is 18.5. The first-order chi connectivity index (χ1) is 7.07. The Morgan fingerprint density at radius 1 is 1.13 bits per heavy atom. The minimum atomic E-state index is -0.631. The molecular formula is C12H15NO2. The van der Waals surface area contributed by atoms with Crippen LogP contribution in [0.1, 0.15) is 19.4 Å². The van der Waals surface area contributed by atoms with Gasteiger partial charge in [-0.05, 0) is 5.56 Å². The van der Waals surface area contributed by atoms with Gasteiger partial charge in [-0.3, -0.25) is 0 Å². The molecule has 1 aromatic rings. The van der Waals surface area contributed by atoms with Gasteiger partial charge in [0.25, 0.3) is 0 Å². The first-order valence-corrected chi connectivity index (χ1v) is 4.97. The van der Waals surface area contributed by atoms with Crippen LogP contribution in [-0.4, -0.2) is 5.79 Å². The number of rotatable bonds is 2. The van der Waals surface area contributed by atoms with E-state index < -0.39 is 5.79 Å². The van der Waals surface area contributed by atoms with E-state index in [9.17, 15) is 0 Å². The highest BCUT2D eigenvalue weighted by molar-refractivity contribution is 5.21. The van der Waals surface area contributed by atoms with Crippen molar-refractivity contribution >= 4 is 0 Å². The molecule has 2 N–H and O–H groups in total. The van der Waals surface area contributed by atoms with Gasteiger partial charge in [-0.2, -0.15) is 0 Å². The van der Waals surface area contributed by atoms with Gasteiger partial charge in [0.05, 0.1) is 0 Å². The first kappa shape index (κ1) is 9.90. The molecule has 0 atom stereocenters. The molecule has 1 aromatic carbocycles. The van der Waals surface area contributed by atoms with Crippen molar-refractivity contribution < 1.29 is 9.47 Å². The first-order valence-electron chi connectivity index (χ1n) is 4.97. The van der Waals surface area contributed by atoms with Crippen molar-refractivity contribution in [2.75, 3.05) is 0 Å². The Kier molecular flexibility index (Phi) is 2.31. The van der Waals surface area contributed by atoms with Gasteiger partial charge in [-0.25, -0.2) is 0 Å². The Balaban J connectivity index is 2.11. The number of benzene rings is 1. The van der Waals surface area contributed by atoms with Crippen LogP contribution in [-0.2, 0) is 15.9 Å². The van der Waals surface area contributed by atoms with Crippen LogP contribution in [0.4, 0.5) is 0 Å². The zero-order chi connectivity index (χ0) is 10.9. The van der Waals surface area contributed by atoms with E-state index in [1.807, 2.05) is 44.2 Å². The van der Waals surface area contributed by atoms with Crippen LogP contribution in [0.5, 0.6) is 0 Å². The molecule has 1 aliphatic rings. The lowest BCUT2D eigenvalue weighted by Crippen LogP contribution is -2.22. The maximum Gasteiger partial charge on any atom is 0.247 e. The van der Waals surface area contributed by atoms with Gasteiger partial charge in [0.15, 0.2) is 5.76 Å². The molecule has 0 spiro atoms. The molecule has 1 heterocycles. The summed E-state index contributed by atoms with van der Waals surface area (Å²) in [6.45, 7) is 3.69. The third-order valence-corrected chi connectivity index (χ3v) is 2.21. The highest BCUT2D eigenvalue weighted by atomic mass is 16.7. The highest BCUT2D eigenvalue weighted by Gasteiger charge is 2.32. The van der Waals surface area contributed by atoms with E-state index in [4.69, 9.17) is 15.2 Å². The predicted octanol–water partition coefficient (Wildman–Crippen LogP) is 2.14. The third-order valence-electron chi connectivity index (χ3n) is 2.21. The van der Waals surface area contributed by atoms with Gasteiger partial charge >= 0.3 is 0 Å². The van der Waals surface area contributed by atoms with E-state index in [1.165, 1.54) is 0 Å². The molecule has 0 aromatic heterocycles. The monoisotopic (exact) mass is 205 g/mol. The lowest BCUT2D eigenvalue weighted by molar-refractivity contribution is -0.123. The Hall–Kier alpha value is -1.64. The van der Waals surface area contributed by atoms with Crippen molar-refractivity contribution in [3.63, 3.8) is 0 Å². The largest absolute Gasteiger partial charge is 0.451 e. The van der Waals surface area contributed by atoms with Crippen molar-refractivity contribution in [3.05, 3.63) is 47.5 Å². The Morgan fingerprint density at radius 3 is 2.33 bits per heavy atom. The molecule has 80 valence electrons. The molecule has 15 heavy (non-hydrogen) atoms. The molecule has 0 radical (unpaired) electrons. The summed E-state index contributed by atoms with van der Waals surface area (Å²) in [5.41, 5.74) is 6.90. The molecule has 0 saturated heterocycles. The molecule has 0 saturated carbocycles. The fourth-order valence-electron chi connectivity index (χ4n) is 1.59. The Morgan fingerprint density at radius 2 is 1.80 bits per heavy atom. The molecule has 2 rings (SSSR count). The fraction of sp³-hybridized carbons (Fsp3) is 0.333. The second-order valence-corrected chi connectivity index (χ2v) is 4.05. The summed E-state index contributed by atoms with van der Waals surface area (Å²) in [5.74, 6) is 0.476. The molecule has 1 aliphatic heterocycles. The quantitative estimate of drug-likeness (QED) is 0.804. The Labute approximate surface area is 89.5 Å². The standard InChI is InChI=1S/C12H15NO2/c1-12(2)14-10(11(13)15-12)8-9-6-4-3-5-7-9/h3-7H,8,13H2,1-2H3. The SMILES string of the molecule is CC1(C)OC(N)=C(Cc2ccccc2)O1. The van der Waals surface area contributed by atoms with Gasteiger partial charge in [0.1, 0.15) is 0 Å². The van der Waals surface area contributed by atoms with E-state index >= 15 is 0 Å². The van der Waals surface area contributed by atoms with Crippen molar-refractivity contribution in [1.29, 1.82) is 0 Å². The van der Waals surface area contributed by atoms with Crippen LogP contribution in [0.3, 0.4) is 0 Å². The van der Waals surface area contributed by atoms with Crippen LogP contribution < -0.4 is 5.73 Å². The van der Waals surface area contributed by atoms with Crippen LogP contribution in [0, 0.1) is 0 Å². The Bertz CT molecular complexity index is 382. The number of hydrogen-bond acceptors (Lipinski definition) is 3.